The van der Waals surface area contributed by atoms with Crippen molar-refractivity contribution in [1.29, 1.82) is 0 Å². The van der Waals surface area contributed by atoms with Gasteiger partial charge in [0.15, 0.2) is 6.54 Å². The van der Waals surface area contributed by atoms with Crippen LogP contribution in [0, 0.1) is 12.7 Å². The molecule has 1 aliphatic rings. The minimum Gasteiger partial charge on any atom is -0.496 e. The lowest BCUT2D eigenvalue weighted by Crippen LogP contribution is -3.28. The number of halogens is 1. The Hall–Kier alpha value is -2.44. The van der Waals surface area contributed by atoms with Crippen LogP contribution in [0.25, 0.3) is 0 Å². The molecule has 0 radical (unpaired) electrons. The molecule has 1 saturated heterocycles. The predicted octanol–water partition coefficient (Wildman–Crippen LogP) is 0.0648. The van der Waals surface area contributed by atoms with Gasteiger partial charge in [-0.3, -0.25) is 4.79 Å². The number of carbonyl (C=O) groups excluding carboxylic acids is 1. The summed E-state index contributed by atoms with van der Waals surface area (Å²) < 4.78 is 18.7. The molecule has 3 rings (SSSR count). The van der Waals surface area contributed by atoms with Crippen molar-refractivity contribution >= 4 is 11.6 Å². The topological polar surface area (TPSA) is 47.2 Å². The predicted molar refractivity (Wildman–Crippen MR) is 103 cm³/mol. The van der Waals surface area contributed by atoms with Crippen molar-refractivity contribution in [2.24, 2.45) is 0 Å². The number of quaternary nitrogens is 2. The first-order valence-corrected chi connectivity index (χ1v) is 9.39. The van der Waals surface area contributed by atoms with Crippen LogP contribution >= 0.6 is 0 Å². The molecule has 2 aromatic rings. The smallest absolute Gasteiger partial charge is 0.279 e. The van der Waals surface area contributed by atoms with Crippen LogP contribution in [0.15, 0.2) is 42.5 Å². The SMILES string of the molecule is COc1ccc(C)cc1C[NH+]1CC[NH+](CC(=O)Nc2cccc(F)c2)CC1. The third kappa shape index (κ3) is 5.52. The van der Waals surface area contributed by atoms with Gasteiger partial charge in [-0.25, -0.2) is 4.39 Å². The number of amides is 1. The number of anilines is 1. The summed E-state index contributed by atoms with van der Waals surface area (Å²) in [6, 6.07) is 12.3. The summed E-state index contributed by atoms with van der Waals surface area (Å²) in [7, 11) is 1.71. The Morgan fingerprint density at radius 2 is 1.85 bits per heavy atom. The van der Waals surface area contributed by atoms with Crippen LogP contribution in [0.5, 0.6) is 5.75 Å². The van der Waals surface area contributed by atoms with E-state index in [-0.39, 0.29) is 11.7 Å². The lowest BCUT2D eigenvalue weighted by Gasteiger charge is -2.29. The van der Waals surface area contributed by atoms with Crippen molar-refractivity contribution < 1.29 is 23.7 Å². The van der Waals surface area contributed by atoms with Crippen LogP contribution in [0.4, 0.5) is 10.1 Å². The molecule has 5 nitrogen and oxygen atoms in total. The Labute approximate surface area is 159 Å². The zero-order chi connectivity index (χ0) is 19.2. The van der Waals surface area contributed by atoms with Crippen molar-refractivity contribution in [3.05, 3.63) is 59.4 Å². The number of ether oxygens (including phenoxy) is 1. The van der Waals surface area contributed by atoms with E-state index in [4.69, 9.17) is 4.74 Å². The first kappa shape index (κ1) is 19.3. The zero-order valence-electron chi connectivity index (χ0n) is 16.0. The lowest BCUT2D eigenvalue weighted by atomic mass is 10.1. The van der Waals surface area contributed by atoms with E-state index < -0.39 is 0 Å². The molecule has 0 bridgehead atoms. The molecule has 1 heterocycles. The van der Waals surface area contributed by atoms with Crippen LogP contribution in [-0.2, 0) is 11.3 Å². The number of methoxy groups -OCH3 is 1. The molecular formula is C21H28FN3O2+2. The molecule has 1 fully saturated rings. The Balaban J connectivity index is 1.47. The average Bonchev–Trinajstić information content (AvgIpc) is 2.63. The van der Waals surface area contributed by atoms with E-state index in [9.17, 15) is 9.18 Å². The summed E-state index contributed by atoms with van der Waals surface area (Å²) in [6.07, 6.45) is 0. The van der Waals surface area contributed by atoms with Crippen LogP contribution in [0.2, 0.25) is 0 Å². The number of carbonyl (C=O) groups is 1. The van der Waals surface area contributed by atoms with Gasteiger partial charge in [0.25, 0.3) is 5.91 Å². The molecule has 0 spiro atoms. The molecule has 0 aliphatic carbocycles. The molecule has 6 heteroatoms. The maximum absolute atomic E-state index is 13.2. The third-order valence-electron chi connectivity index (χ3n) is 5.06. The Morgan fingerprint density at radius 1 is 1.11 bits per heavy atom. The summed E-state index contributed by atoms with van der Waals surface area (Å²) in [5.41, 5.74) is 2.98. The standard InChI is InChI=1S/C21H26FN3O2/c1-16-6-7-20(27-2)17(12-16)14-24-8-10-25(11-9-24)15-21(26)23-19-5-3-4-18(22)13-19/h3-7,12-13H,8-11,14-15H2,1-2H3,(H,23,26)/p+2. The summed E-state index contributed by atoms with van der Waals surface area (Å²) in [5, 5.41) is 2.78. The molecule has 3 N–H and O–H groups in total. The normalized spacial score (nSPS) is 19.5. The first-order valence-electron chi connectivity index (χ1n) is 9.39. The summed E-state index contributed by atoms with van der Waals surface area (Å²) in [4.78, 5) is 15.0. The number of piperazine rings is 1. The number of hydrogen-bond acceptors (Lipinski definition) is 2. The fraction of sp³-hybridized carbons (Fsp3) is 0.381. The molecule has 27 heavy (non-hydrogen) atoms. The van der Waals surface area contributed by atoms with Crippen molar-refractivity contribution in [2.75, 3.05) is 45.2 Å². The minimum atomic E-state index is -0.344. The third-order valence-corrected chi connectivity index (χ3v) is 5.06. The number of aryl methyl sites for hydroxylation is 1. The maximum atomic E-state index is 13.2. The van der Waals surface area contributed by atoms with Gasteiger partial charge in [0.2, 0.25) is 0 Å². The number of nitrogens with one attached hydrogen (secondary N) is 3. The summed E-state index contributed by atoms with van der Waals surface area (Å²) >= 11 is 0. The Morgan fingerprint density at radius 3 is 2.56 bits per heavy atom. The van der Waals surface area contributed by atoms with Crippen molar-refractivity contribution in [3.8, 4) is 5.75 Å². The molecule has 2 aromatic carbocycles. The molecule has 0 aromatic heterocycles. The zero-order valence-corrected chi connectivity index (χ0v) is 16.0. The molecular weight excluding hydrogens is 345 g/mol. The highest BCUT2D eigenvalue weighted by Crippen LogP contribution is 2.18. The fourth-order valence-electron chi connectivity index (χ4n) is 3.62. The van der Waals surface area contributed by atoms with Gasteiger partial charge in [0.05, 0.1) is 7.11 Å². The van der Waals surface area contributed by atoms with Gasteiger partial charge >= 0.3 is 0 Å². The quantitative estimate of drug-likeness (QED) is 0.671. The highest BCUT2D eigenvalue weighted by atomic mass is 19.1. The van der Waals surface area contributed by atoms with E-state index >= 15 is 0 Å². The molecule has 1 aliphatic heterocycles. The average molecular weight is 373 g/mol. The maximum Gasteiger partial charge on any atom is 0.279 e. The molecule has 0 unspecified atom stereocenters. The van der Waals surface area contributed by atoms with Crippen molar-refractivity contribution in [3.63, 3.8) is 0 Å². The van der Waals surface area contributed by atoms with E-state index in [0.29, 0.717) is 12.2 Å². The highest BCUT2D eigenvalue weighted by Gasteiger charge is 2.25. The highest BCUT2D eigenvalue weighted by molar-refractivity contribution is 5.91. The van der Waals surface area contributed by atoms with Crippen LogP contribution in [-0.4, -0.2) is 45.7 Å². The van der Waals surface area contributed by atoms with Gasteiger partial charge in [0, 0.05) is 11.3 Å². The lowest BCUT2D eigenvalue weighted by molar-refractivity contribution is -1.02. The van der Waals surface area contributed by atoms with Gasteiger partial charge in [-0.15, -0.1) is 0 Å². The second-order valence-electron chi connectivity index (χ2n) is 7.23. The van der Waals surface area contributed by atoms with E-state index in [1.165, 1.54) is 33.1 Å². The molecule has 0 saturated carbocycles. The van der Waals surface area contributed by atoms with Gasteiger partial charge in [0.1, 0.15) is 44.3 Å². The van der Waals surface area contributed by atoms with E-state index in [1.807, 2.05) is 6.07 Å². The first-order chi connectivity index (χ1) is 13.0. The van der Waals surface area contributed by atoms with Gasteiger partial charge < -0.3 is 19.9 Å². The molecule has 1 amide bonds. The Kier molecular flexibility index (Phi) is 6.42. The van der Waals surface area contributed by atoms with Gasteiger partial charge in [-0.05, 0) is 37.3 Å². The van der Waals surface area contributed by atoms with Crippen LogP contribution in [0.3, 0.4) is 0 Å². The number of hydrogen-bond donors (Lipinski definition) is 3. The minimum absolute atomic E-state index is 0.0700. The molecule has 0 atom stereocenters. The Bertz CT molecular complexity index is 789. The van der Waals surface area contributed by atoms with Crippen LogP contribution < -0.4 is 19.9 Å². The monoisotopic (exact) mass is 373 g/mol. The van der Waals surface area contributed by atoms with Gasteiger partial charge in [-0.2, -0.15) is 0 Å². The summed E-state index contributed by atoms with van der Waals surface area (Å²) in [5.74, 6) is 0.528. The fourth-order valence-corrected chi connectivity index (χ4v) is 3.62. The van der Waals surface area contributed by atoms with E-state index in [0.717, 1.165) is 38.5 Å². The number of rotatable bonds is 6. The second kappa shape index (κ2) is 8.97. The second-order valence-corrected chi connectivity index (χ2v) is 7.23. The van der Waals surface area contributed by atoms with Gasteiger partial charge in [-0.1, -0.05) is 17.7 Å². The summed E-state index contributed by atoms with van der Waals surface area (Å²) in [6.45, 7) is 7.36. The van der Waals surface area contributed by atoms with Crippen molar-refractivity contribution in [1.82, 2.24) is 0 Å². The molecule has 144 valence electrons. The van der Waals surface area contributed by atoms with E-state index in [1.54, 1.807) is 19.2 Å². The van der Waals surface area contributed by atoms with Crippen LogP contribution in [0.1, 0.15) is 11.1 Å². The van der Waals surface area contributed by atoms with Crippen molar-refractivity contribution in [2.45, 2.75) is 13.5 Å². The largest absolute Gasteiger partial charge is 0.496 e. The number of benzene rings is 2. The van der Waals surface area contributed by atoms with E-state index in [2.05, 4.69) is 24.4 Å².